The van der Waals surface area contributed by atoms with Gasteiger partial charge < -0.3 is 9.88 Å². The van der Waals surface area contributed by atoms with Crippen molar-refractivity contribution in [2.45, 2.75) is 36.9 Å². The predicted molar refractivity (Wildman–Crippen MR) is 104 cm³/mol. The fourth-order valence-corrected chi connectivity index (χ4v) is 4.45. The molecule has 0 bridgehead atoms. The second-order valence-corrected chi connectivity index (χ2v) is 7.96. The molecule has 1 aromatic carbocycles. The Labute approximate surface area is 160 Å². The molecule has 0 radical (unpaired) electrons. The number of carbonyl (C=O) groups is 1. The SMILES string of the molecule is CCn1c(SCC(=O)Nc2nccs2)nnc1C1CC1c1ccccc1. The molecule has 3 aromatic rings. The van der Waals surface area contributed by atoms with E-state index in [1.165, 1.54) is 28.7 Å². The van der Waals surface area contributed by atoms with Gasteiger partial charge in [0, 0.05) is 24.0 Å². The van der Waals surface area contributed by atoms with Crippen molar-refractivity contribution in [1.29, 1.82) is 0 Å². The Bertz CT molecular complexity index is 878. The van der Waals surface area contributed by atoms with Gasteiger partial charge in [0.1, 0.15) is 5.82 Å². The van der Waals surface area contributed by atoms with Crippen molar-refractivity contribution < 1.29 is 4.79 Å². The molecule has 6 nitrogen and oxygen atoms in total. The van der Waals surface area contributed by atoms with E-state index in [1.54, 1.807) is 6.20 Å². The molecule has 2 heterocycles. The van der Waals surface area contributed by atoms with Crippen LogP contribution in [-0.2, 0) is 11.3 Å². The normalized spacial score (nSPS) is 18.7. The highest BCUT2D eigenvalue weighted by atomic mass is 32.2. The molecule has 26 heavy (non-hydrogen) atoms. The van der Waals surface area contributed by atoms with E-state index in [4.69, 9.17) is 0 Å². The first kappa shape index (κ1) is 17.2. The maximum absolute atomic E-state index is 12.1. The summed E-state index contributed by atoms with van der Waals surface area (Å²) >= 11 is 2.83. The Morgan fingerprint density at radius 3 is 2.88 bits per heavy atom. The highest BCUT2D eigenvalue weighted by molar-refractivity contribution is 7.99. The Hall–Kier alpha value is -2.19. The Morgan fingerprint density at radius 2 is 2.15 bits per heavy atom. The van der Waals surface area contributed by atoms with E-state index in [0.29, 0.717) is 22.7 Å². The molecule has 2 aromatic heterocycles. The van der Waals surface area contributed by atoms with Crippen LogP contribution in [0.25, 0.3) is 0 Å². The molecule has 1 saturated carbocycles. The summed E-state index contributed by atoms with van der Waals surface area (Å²) in [5.41, 5.74) is 1.36. The van der Waals surface area contributed by atoms with E-state index in [-0.39, 0.29) is 5.91 Å². The van der Waals surface area contributed by atoms with Crippen molar-refractivity contribution >= 4 is 34.1 Å². The number of hydrogen-bond acceptors (Lipinski definition) is 6. The number of aromatic nitrogens is 4. The molecule has 1 N–H and O–H groups in total. The molecule has 1 aliphatic rings. The number of benzene rings is 1. The molecule has 0 spiro atoms. The third-order valence-electron chi connectivity index (χ3n) is 4.42. The van der Waals surface area contributed by atoms with Crippen LogP contribution in [0.15, 0.2) is 47.1 Å². The van der Waals surface area contributed by atoms with Crippen LogP contribution in [0.2, 0.25) is 0 Å². The van der Waals surface area contributed by atoms with Crippen LogP contribution in [0.5, 0.6) is 0 Å². The quantitative estimate of drug-likeness (QED) is 0.627. The zero-order valence-corrected chi connectivity index (χ0v) is 16.0. The lowest BCUT2D eigenvalue weighted by Crippen LogP contribution is -2.14. The van der Waals surface area contributed by atoms with Gasteiger partial charge in [-0.1, -0.05) is 42.1 Å². The average molecular weight is 386 g/mol. The number of rotatable bonds is 7. The molecule has 0 saturated heterocycles. The van der Waals surface area contributed by atoms with E-state index >= 15 is 0 Å². The summed E-state index contributed by atoms with van der Waals surface area (Å²) in [4.78, 5) is 16.1. The van der Waals surface area contributed by atoms with Gasteiger partial charge in [-0.15, -0.1) is 21.5 Å². The van der Waals surface area contributed by atoms with Gasteiger partial charge in [-0.25, -0.2) is 4.98 Å². The number of hydrogen-bond donors (Lipinski definition) is 1. The first-order valence-electron chi connectivity index (χ1n) is 8.56. The summed E-state index contributed by atoms with van der Waals surface area (Å²) in [7, 11) is 0. The summed E-state index contributed by atoms with van der Waals surface area (Å²) < 4.78 is 2.13. The number of nitrogens with zero attached hydrogens (tertiary/aromatic N) is 4. The van der Waals surface area contributed by atoms with Crippen LogP contribution in [0.3, 0.4) is 0 Å². The Balaban J connectivity index is 1.40. The van der Waals surface area contributed by atoms with Gasteiger partial charge in [-0.05, 0) is 24.8 Å². The highest BCUT2D eigenvalue weighted by Crippen LogP contribution is 2.54. The molecule has 8 heteroatoms. The van der Waals surface area contributed by atoms with Crippen LogP contribution in [0, 0.1) is 0 Å². The van der Waals surface area contributed by atoms with Gasteiger partial charge in [-0.3, -0.25) is 4.79 Å². The fourth-order valence-electron chi connectivity index (χ4n) is 3.10. The Morgan fingerprint density at radius 1 is 1.31 bits per heavy atom. The van der Waals surface area contributed by atoms with Crippen molar-refractivity contribution in [2.75, 3.05) is 11.1 Å². The highest BCUT2D eigenvalue weighted by Gasteiger charge is 2.43. The smallest absolute Gasteiger partial charge is 0.236 e. The lowest BCUT2D eigenvalue weighted by molar-refractivity contribution is -0.113. The minimum absolute atomic E-state index is 0.0780. The number of anilines is 1. The zero-order chi connectivity index (χ0) is 17.9. The predicted octanol–water partition coefficient (Wildman–Crippen LogP) is 3.76. The first-order chi connectivity index (χ1) is 12.8. The van der Waals surface area contributed by atoms with E-state index in [1.807, 2.05) is 11.4 Å². The van der Waals surface area contributed by atoms with Crippen LogP contribution >= 0.6 is 23.1 Å². The second kappa shape index (κ2) is 7.59. The van der Waals surface area contributed by atoms with Crippen molar-refractivity contribution in [2.24, 2.45) is 0 Å². The summed E-state index contributed by atoms with van der Waals surface area (Å²) in [5.74, 6) is 2.19. The van der Waals surface area contributed by atoms with Crippen molar-refractivity contribution in [3.05, 3.63) is 53.3 Å². The standard InChI is InChI=1S/C18H19N5OS2/c1-2-23-16(14-10-13(14)12-6-4-3-5-7-12)21-22-18(23)26-11-15(24)20-17-19-8-9-25-17/h3-9,13-14H,2,10-11H2,1H3,(H,19,20,24). The van der Waals surface area contributed by atoms with Crippen molar-refractivity contribution in [3.8, 4) is 0 Å². The molecule has 1 amide bonds. The minimum atomic E-state index is -0.0780. The summed E-state index contributed by atoms with van der Waals surface area (Å²) in [6, 6.07) is 10.6. The molecule has 1 aliphatic carbocycles. The van der Waals surface area contributed by atoms with E-state index < -0.39 is 0 Å². The number of carbonyl (C=O) groups excluding carboxylic acids is 1. The number of thioether (sulfide) groups is 1. The number of nitrogens with one attached hydrogen (secondary N) is 1. The fraction of sp³-hybridized carbons (Fsp3) is 0.333. The van der Waals surface area contributed by atoms with E-state index in [2.05, 4.69) is 56.3 Å². The van der Waals surface area contributed by atoms with Crippen LogP contribution in [-0.4, -0.2) is 31.4 Å². The minimum Gasteiger partial charge on any atom is -0.306 e. The Kier molecular flexibility index (Phi) is 5.03. The summed E-state index contributed by atoms with van der Waals surface area (Å²) in [5, 5.41) is 14.8. The van der Waals surface area contributed by atoms with Crippen LogP contribution in [0.4, 0.5) is 5.13 Å². The molecule has 2 unspecified atom stereocenters. The third kappa shape index (κ3) is 3.66. The zero-order valence-electron chi connectivity index (χ0n) is 14.3. The molecular formula is C18H19N5OS2. The van der Waals surface area contributed by atoms with Gasteiger partial charge >= 0.3 is 0 Å². The van der Waals surface area contributed by atoms with Gasteiger partial charge in [0.25, 0.3) is 0 Å². The lowest BCUT2D eigenvalue weighted by atomic mass is 10.1. The maximum atomic E-state index is 12.1. The lowest BCUT2D eigenvalue weighted by Gasteiger charge is -2.07. The topological polar surface area (TPSA) is 72.7 Å². The first-order valence-corrected chi connectivity index (χ1v) is 10.4. The van der Waals surface area contributed by atoms with Gasteiger partial charge in [0.2, 0.25) is 5.91 Å². The molecule has 2 atom stereocenters. The van der Waals surface area contributed by atoms with Gasteiger partial charge in [-0.2, -0.15) is 0 Å². The van der Waals surface area contributed by atoms with Crippen molar-refractivity contribution in [1.82, 2.24) is 19.7 Å². The van der Waals surface area contributed by atoms with E-state index in [0.717, 1.165) is 23.9 Å². The number of amides is 1. The second-order valence-electron chi connectivity index (χ2n) is 6.12. The molecule has 134 valence electrons. The molecule has 4 rings (SSSR count). The summed E-state index contributed by atoms with van der Waals surface area (Å²) in [6.45, 7) is 2.89. The molecule has 1 fully saturated rings. The summed E-state index contributed by atoms with van der Waals surface area (Å²) in [6.07, 6.45) is 2.78. The van der Waals surface area contributed by atoms with E-state index in [9.17, 15) is 4.79 Å². The van der Waals surface area contributed by atoms with Crippen LogP contribution < -0.4 is 5.32 Å². The van der Waals surface area contributed by atoms with Crippen LogP contribution in [0.1, 0.15) is 36.6 Å². The monoisotopic (exact) mass is 385 g/mol. The molecular weight excluding hydrogens is 366 g/mol. The average Bonchev–Trinajstić information content (AvgIpc) is 3.09. The molecule has 0 aliphatic heterocycles. The van der Waals surface area contributed by atoms with Gasteiger partial charge in [0.05, 0.1) is 5.75 Å². The largest absolute Gasteiger partial charge is 0.306 e. The maximum Gasteiger partial charge on any atom is 0.236 e. The van der Waals surface area contributed by atoms with Gasteiger partial charge in [0.15, 0.2) is 10.3 Å². The number of thiazole rings is 1. The van der Waals surface area contributed by atoms with Crippen molar-refractivity contribution in [3.63, 3.8) is 0 Å². The third-order valence-corrected chi connectivity index (χ3v) is 6.08.